The van der Waals surface area contributed by atoms with E-state index in [-0.39, 0.29) is 11.7 Å². The molecule has 1 fully saturated rings. The Morgan fingerprint density at radius 1 is 1.64 bits per heavy atom. The minimum Gasteiger partial charge on any atom is -0.379 e. The summed E-state index contributed by atoms with van der Waals surface area (Å²) in [6.07, 6.45) is 2.42. The fourth-order valence-corrected chi connectivity index (χ4v) is 1.74. The molecule has 0 aromatic carbocycles. The first-order chi connectivity index (χ1) is 6.70. The zero-order valence-corrected chi connectivity index (χ0v) is 9.21. The first-order valence-corrected chi connectivity index (χ1v) is 5.28. The second kappa shape index (κ2) is 5.66. The molecule has 1 aliphatic heterocycles. The van der Waals surface area contributed by atoms with Crippen molar-refractivity contribution in [3.05, 3.63) is 0 Å². The third kappa shape index (κ3) is 3.53. The van der Waals surface area contributed by atoms with Crippen molar-refractivity contribution < 1.29 is 9.47 Å². The van der Waals surface area contributed by atoms with Gasteiger partial charge in [-0.1, -0.05) is 0 Å². The van der Waals surface area contributed by atoms with Crippen LogP contribution in [0.2, 0.25) is 0 Å². The Hall–Kier alpha value is -0.160. The lowest BCUT2D eigenvalue weighted by atomic mass is 10.0. The van der Waals surface area contributed by atoms with E-state index < -0.39 is 0 Å². The van der Waals surface area contributed by atoms with Gasteiger partial charge in [0.05, 0.1) is 11.7 Å². The van der Waals surface area contributed by atoms with Gasteiger partial charge in [-0.25, -0.2) is 0 Å². The molecule has 14 heavy (non-hydrogen) atoms. The largest absolute Gasteiger partial charge is 0.379 e. The number of hydrogen-bond acceptors (Lipinski definition) is 4. The monoisotopic (exact) mass is 202 g/mol. The van der Waals surface area contributed by atoms with Crippen molar-refractivity contribution in [3.63, 3.8) is 0 Å². The molecule has 1 saturated heterocycles. The highest BCUT2D eigenvalue weighted by Gasteiger charge is 2.29. The Labute approximate surface area is 86.1 Å². The van der Waals surface area contributed by atoms with E-state index in [0.717, 1.165) is 26.1 Å². The van der Waals surface area contributed by atoms with Gasteiger partial charge in [0.15, 0.2) is 0 Å². The summed E-state index contributed by atoms with van der Waals surface area (Å²) in [6.45, 7) is 5.28. The van der Waals surface area contributed by atoms with Crippen LogP contribution < -0.4 is 11.1 Å². The highest BCUT2D eigenvalue weighted by molar-refractivity contribution is 4.82. The standard InChI is InChI=1S/C10H22N2O2/c1-10(4-3-5-14-10)8-12-7-9(6-11)13-2/h9,12H,3-8,11H2,1-2H3. The third-order valence-corrected chi connectivity index (χ3v) is 2.77. The summed E-state index contributed by atoms with van der Waals surface area (Å²) in [5.74, 6) is 0. The van der Waals surface area contributed by atoms with Crippen molar-refractivity contribution in [2.45, 2.75) is 31.5 Å². The lowest BCUT2D eigenvalue weighted by Crippen LogP contribution is -2.42. The van der Waals surface area contributed by atoms with Crippen LogP contribution in [-0.4, -0.2) is 45.1 Å². The topological polar surface area (TPSA) is 56.5 Å². The molecule has 0 aliphatic carbocycles. The number of nitrogens with one attached hydrogen (secondary N) is 1. The van der Waals surface area contributed by atoms with E-state index in [4.69, 9.17) is 15.2 Å². The zero-order valence-electron chi connectivity index (χ0n) is 9.21. The summed E-state index contributed by atoms with van der Waals surface area (Å²) in [6, 6.07) is 0. The highest BCUT2D eigenvalue weighted by Crippen LogP contribution is 2.23. The van der Waals surface area contributed by atoms with E-state index in [2.05, 4.69) is 12.2 Å². The van der Waals surface area contributed by atoms with Gasteiger partial charge in [-0.15, -0.1) is 0 Å². The summed E-state index contributed by atoms with van der Waals surface area (Å²) in [5, 5.41) is 3.34. The first-order valence-electron chi connectivity index (χ1n) is 5.28. The lowest BCUT2D eigenvalue weighted by Gasteiger charge is -2.24. The van der Waals surface area contributed by atoms with E-state index in [9.17, 15) is 0 Å². The second-order valence-corrected chi connectivity index (χ2v) is 4.13. The van der Waals surface area contributed by atoms with Crippen molar-refractivity contribution in [2.24, 2.45) is 5.73 Å². The maximum Gasteiger partial charge on any atom is 0.0817 e. The van der Waals surface area contributed by atoms with Gasteiger partial charge in [-0.05, 0) is 19.8 Å². The quantitative estimate of drug-likeness (QED) is 0.642. The molecule has 0 bridgehead atoms. The summed E-state index contributed by atoms with van der Waals surface area (Å²) < 4.78 is 10.8. The molecule has 84 valence electrons. The molecule has 2 atom stereocenters. The van der Waals surface area contributed by atoms with Crippen LogP contribution in [0.25, 0.3) is 0 Å². The SMILES string of the molecule is COC(CN)CNCC1(C)CCCO1. The van der Waals surface area contributed by atoms with E-state index >= 15 is 0 Å². The second-order valence-electron chi connectivity index (χ2n) is 4.13. The van der Waals surface area contributed by atoms with Gasteiger partial charge in [0, 0.05) is 33.4 Å². The molecule has 1 aliphatic rings. The Kier molecular flexibility index (Phi) is 4.81. The molecule has 0 amide bonds. The predicted octanol–water partition coefficient (Wildman–Crippen LogP) is 0.119. The van der Waals surface area contributed by atoms with Crippen LogP contribution in [0, 0.1) is 0 Å². The van der Waals surface area contributed by atoms with E-state index in [1.165, 1.54) is 6.42 Å². The Morgan fingerprint density at radius 3 is 2.93 bits per heavy atom. The molecule has 0 spiro atoms. The summed E-state index contributed by atoms with van der Waals surface area (Å²) in [7, 11) is 1.69. The summed E-state index contributed by atoms with van der Waals surface area (Å²) in [4.78, 5) is 0. The van der Waals surface area contributed by atoms with Gasteiger partial charge >= 0.3 is 0 Å². The zero-order chi connectivity index (χ0) is 10.4. The number of methoxy groups -OCH3 is 1. The van der Waals surface area contributed by atoms with Crippen LogP contribution in [-0.2, 0) is 9.47 Å². The molecule has 0 aromatic heterocycles. The summed E-state index contributed by atoms with van der Waals surface area (Å²) >= 11 is 0. The van der Waals surface area contributed by atoms with Crippen molar-refractivity contribution in [3.8, 4) is 0 Å². The van der Waals surface area contributed by atoms with E-state index in [1.807, 2.05) is 0 Å². The number of rotatable bonds is 6. The molecule has 0 saturated carbocycles. The Morgan fingerprint density at radius 2 is 2.43 bits per heavy atom. The average Bonchev–Trinajstić information content (AvgIpc) is 2.60. The van der Waals surface area contributed by atoms with Crippen molar-refractivity contribution >= 4 is 0 Å². The molecule has 0 aromatic rings. The highest BCUT2D eigenvalue weighted by atomic mass is 16.5. The molecule has 2 unspecified atom stereocenters. The smallest absolute Gasteiger partial charge is 0.0817 e. The van der Waals surface area contributed by atoms with Crippen molar-refractivity contribution in [1.82, 2.24) is 5.32 Å². The molecule has 1 heterocycles. The number of ether oxygens (including phenoxy) is 2. The predicted molar refractivity (Wildman–Crippen MR) is 56.3 cm³/mol. The fourth-order valence-electron chi connectivity index (χ4n) is 1.74. The van der Waals surface area contributed by atoms with E-state index in [1.54, 1.807) is 7.11 Å². The maximum absolute atomic E-state index is 5.65. The van der Waals surface area contributed by atoms with Crippen LogP contribution >= 0.6 is 0 Å². The summed E-state index contributed by atoms with van der Waals surface area (Å²) in [5.41, 5.74) is 5.53. The molecule has 0 radical (unpaired) electrons. The van der Waals surface area contributed by atoms with Gasteiger partial charge < -0.3 is 20.5 Å². The van der Waals surface area contributed by atoms with Crippen molar-refractivity contribution in [2.75, 3.05) is 33.4 Å². The van der Waals surface area contributed by atoms with Gasteiger partial charge in [0.25, 0.3) is 0 Å². The minimum atomic E-state index is 0.0207. The number of hydrogen-bond donors (Lipinski definition) is 2. The van der Waals surface area contributed by atoms with Gasteiger partial charge in [0.1, 0.15) is 0 Å². The molecule has 4 heteroatoms. The molecular weight excluding hydrogens is 180 g/mol. The first kappa shape index (κ1) is 11.9. The van der Waals surface area contributed by atoms with Crippen LogP contribution in [0.4, 0.5) is 0 Å². The minimum absolute atomic E-state index is 0.0207. The van der Waals surface area contributed by atoms with Gasteiger partial charge in [-0.3, -0.25) is 0 Å². The molecule has 4 nitrogen and oxygen atoms in total. The maximum atomic E-state index is 5.65. The fraction of sp³-hybridized carbons (Fsp3) is 1.00. The van der Waals surface area contributed by atoms with Crippen molar-refractivity contribution in [1.29, 1.82) is 0 Å². The normalized spacial score (nSPS) is 29.4. The van der Waals surface area contributed by atoms with E-state index in [0.29, 0.717) is 6.54 Å². The van der Waals surface area contributed by atoms with Crippen LogP contribution in [0.3, 0.4) is 0 Å². The van der Waals surface area contributed by atoms with Crippen LogP contribution in [0.5, 0.6) is 0 Å². The molecule has 1 rings (SSSR count). The Balaban J connectivity index is 2.13. The average molecular weight is 202 g/mol. The molecule has 3 N–H and O–H groups in total. The van der Waals surface area contributed by atoms with Crippen LogP contribution in [0.1, 0.15) is 19.8 Å². The van der Waals surface area contributed by atoms with Gasteiger partial charge in [0.2, 0.25) is 0 Å². The molecular formula is C10H22N2O2. The van der Waals surface area contributed by atoms with Gasteiger partial charge in [-0.2, -0.15) is 0 Å². The Bertz CT molecular complexity index is 154. The lowest BCUT2D eigenvalue weighted by molar-refractivity contribution is 0.0171. The third-order valence-electron chi connectivity index (χ3n) is 2.77. The van der Waals surface area contributed by atoms with Crippen LogP contribution in [0.15, 0.2) is 0 Å². The number of nitrogens with two attached hydrogens (primary N) is 1.